The van der Waals surface area contributed by atoms with Crippen molar-refractivity contribution in [1.29, 1.82) is 0 Å². The second kappa shape index (κ2) is 60.9. The maximum atomic E-state index is 12.9. The molecule has 0 heterocycles. The lowest BCUT2D eigenvalue weighted by Crippen LogP contribution is -2.30. The number of carbonyl (C=O) groups is 3. The summed E-state index contributed by atoms with van der Waals surface area (Å²) in [6.07, 6.45) is 81.1. The summed E-state index contributed by atoms with van der Waals surface area (Å²) in [5, 5.41) is 0. The zero-order chi connectivity index (χ0) is 52.9. The molecule has 0 fully saturated rings. The summed E-state index contributed by atoms with van der Waals surface area (Å²) in [4.78, 5) is 38.3. The Morgan fingerprint density at radius 1 is 0.301 bits per heavy atom. The van der Waals surface area contributed by atoms with E-state index in [2.05, 4.69) is 118 Å². The van der Waals surface area contributed by atoms with Crippen molar-refractivity contribution < 1.29 is 28.6 Å². The van der Waals surface area contributed by atoms with Crippen molar-refractivity contribution in [2.24, 2.45) is 0 Å². The van der Waals surface area contributed by atoms with Crippen LogP contribution < -0.4 is 0 Å². The molecule has 0 saturated heterocycles. The number of ether oxygens (including phenoxy) is 3. The van der Waals surface area contributed by atoms with Gasteiger partial charge in [0.05, 0.1) is 0 Å². The SMILES string of the molecule is CC/C=C\C/C=C\C/C=C\C/C=C\C/C=C\CCCCCC(=O)OCC(COC(=O)CCCCCCCCCCCCCCCCCCCC)OC(=O)CCCCCCC\C=C/C=C\C=C/CCCCCCC. The Kier molecular flexibility index (Phi) is 57.8. The zero-order valence-electron chi connectivity index (χ0n) is 47.9. The summed E-state index contributed by atoms with van der Waals surface area (Å²) < 4.78 is 16.9. The van der Waals surface area contributed by atoms with Gasteiger partial charge in [0.25, 0.3) is 0 Å². The van der Waals surface area contributed by atoms with E-state index in [4.69, 9.17) is 14.2 Å². The molecule has 0 aliphatic heterocycles. The molecule has 418 valence electrons. The Morgan fingerprint density at radius 2 is 0.589 bits per heavy atom. The van der Waals surface area contributed by atoms with Crippen LogP contribution in [0, 0.1) is 0 Å². The molecule has 0 radical (unpaired) electrons. The third kappa shape index (κ3) is 59.1. The van der Waals surface area contributed by atoms with Crippen molar-refractivity contribution in [3.63, 3.8) is 0 Å². The lowest BCUT2D eigenvalue weighted by molar-refractivity contribution is -0.167. The van der Waals surface area contributed by atoms with Crippen molar-refractivity contribution >= 4 is 17.9 Å². The lowest BCUT2D eigenvalue weighted by Gasteiger charge is -2.18. The van der Waals surface area contributed by atoms with Gasteiger partial charge in [-0.15, -0.1) is 0 Å². The summed E-state index contributed by atoms with van der Waals surface area (Å²) in [5.74, 6) is -0.939. The quantitative estimate of drug-likeness (QED) is 0.0199. The molecule has 0 aliphatic carbocycles. The summed E-state index contributed by atoms with van der Waals surface area (Å²) in [5.41, 5.74) is 0. The highest BCUT2D eigenvalue weighted by Crippen LogP contribution is 2.16. The first kappa shape index (κ1) is 69.3. The van der Waals surface area contributed by atoms with E-state index >= 15 is 0 Å². The summed E-state index contributed by atoms with van der Waals surface area (Å²) in [7, 11) is 0. The Balaban J connectivity index is 4.48. The molecule has 0 amide bonds. The maximum absolute atomic E-state index is 12.9. The molecule has 6 nitrogen and oxygen atoms in total. The number of unbranched alkanes of at least 4 members (excludes halogenated alkanes) is 30. The molecule has 0 N–H and O–H groups in total. The molecule has 0 bridgehead atoms. The van der Waals surface area contributed by atoms with E-state index in [1.54, 1.807) is 0 Å². The van der Waals surface area contributed by atoms with Crippen LogP contribution in [0.1, 0.15) is 290 Å². The average Bonchev–Trinajstić information content (AvgIpc) is 3.39. The number of rotatable bonds is 55. The Hall–Kier alpha value is -3.67. The van der Waals surface area contributed by atoms with Gasteiger partial charge in [-0.2, -0.15) is 0 Å². The van der Waals surface area contributed by atoms with Crippen LogP contribution in [0.5, 0.6) is 0 Å². The standard InChI is InChI=1S/C67H114O6/c1-4-7-10-13-16-19-22-25-28-31-34-37-39-42-45-48-51-54-57-60-66(69)72-63-64(73-67(70)61-58-55-52-49-46-43-40-36-33-30-27-24-21-18-15-12-9-6-3)62-71-65(68)59-56-53-50-47-44-41-38-35-32-29-26-23-20-17-14-11-8-5-2/h7,10,16,19,24-25,27-28,30,33-34,36-37,40,42,45,64H,4-6,8-9,11-15,17-18,20-23,26,29,31-32,35,38-39,41,43-44,46-63H2,1-3H3/b10-7-,19-16-,27-24-,28-25-,33-30-,37-34-,40-36-,45-42-. The van der Waals surface area contributed by atoms with Gasteiger partial charge in [0.1, 0.15) is 13.2 Å². The topological polar surface area (TPSA) is 78.9 Å². The largest absolute Gasteiger partial charge is 0.462 e. The predicted molar refractivity (Wildman–Crippen MR) is 316 cm³/mol. The molecule has 0 rings (SSSR count). The fraction of sp³-hybridized carbons (Fsp3) is 0.716. The van der Waals surface area contributed by atoms with Gasteiger partial charge in [-0.25, -0.2) is 0 Å². The van der Waals surface area contributed by atoms with Crippen LogP contribution in [0.4, 0.5) is 0 Å². The number of esters is 3. The van der Waals surface area contributed by atoms with Crippen LogP contribution >= 0.6 is 0 Å². The van der Waals surface area contributed by atoms with Gasteiger partial charge < -0.3 is 14.2 Å². The molecule has 0 spiro atoms. The number of allylic oxidation sites excluding steroid dienone is 16. The van der Waals surface area contributed by atoms with Gasteiger partial charge in [-0.3, -0.25) is 14.4 Å². The van der Waals surface area contributed by atoms with E-state index in [1.165, 1.54) is 128 Å². The van der Waals surface area contributed by atoms with Crippen molar-refractivity contribution in [1.82, 2.24) is 0 Å². The highest BCUT2D eigenvalue weighted by molar-refractivity contribution is 5.71. The summed E-state index contributed by atoms with van der Waals surface area (Å²) in [6, 6.07) is 0. The summed E-state index contributed by atoms with van der Waals surface area (Å²) >= 11 is 0. The molecule has 0 aliphatic rings. The monoisotopic (exact) mass is 1010 g/mol. The van der Waals surface area contributed by atoms with Crippen molar-refractivity contribution in [2.75, 3.05) is 13.2 Å². The first-order valence-electron chi connectivity index (χ1n) is 30.8. The van der Waals surface area contributed by atoms with Crippen LogP contribution in [0.15, 0.2) is 97.2 Å². The first-order chi connectivity index (χ1) is 36.0. The molecule has 1 atom stereocenters. The van der Waals surface area contributed by atoms with Gasteiger partial charge in [0.15, 0.2) is 6.10 Å². The van der Waals surface area contributed by atoms with Crippen molar-refractivity contribution in [3.8, 4) is 0 Å². The van der Waals surface area contributed by atoms with E-state index in [0.29, 0.717) is 19.3 Å². The maximum Gasteiger partial charge on any atom is 0.306 e. The highest BCUT2D eigenvalue weighted by atomic mass is 16.6. The van der Waals surface area contributed by atoms with E-state index in [1.807, 2.05) is 0 Å². The smallest absolute Gasteiger partial charge is 0.306 e. The molecule has 0 aromatic heterocycles. The normalized spacial score (nSPS) is 12.8. The molecule has 0 aromatic carbocycles. The fourth-order valence-electron chi connectivity index (χ4n) is 8.53. The molecule has 6 heteroatoms. The Morgan fingerprint density at radius 3 is 0.959 bits per heavy atom. The van der Waals surface area contributed by atoms with Crippen LogP contribution in [0.2, 0.25) is 0 Å². The summed E-state index contributed by atoms with van der Waals surface area (Å²) in [6.45, 7) is 6.49. The third-order valence-electron chi connectivity index (χ3n) is 13.1. The molecular formula is C67H114O6. The van der Waals surface area contributed by atoms with Crippen molar-refractivity contribution in [2.45, 2.75) is 297 Å². The molecule has 73 heavy (non-hydrogen) atoms. The van der Waals surface area contributed by atoms with E-state index in [9.17, 15) is 14.4 Å². The van der Waals surface area contributed by atoms with Crippen LogP contribution in [-0.4, -0.2) is 37.2 Å². The molecule has 0 saturated carbocycles. The minimum absolute atomic E-state index is 0.0950. The van der Waals surface area contributed by atoms with Gasteiger partial charge in [-0.05, 0) is 89.9 Å². The van der Waals surface area contributed by atoms with E-state index in [0.717, 1.165) is 122 Å². The van der Waals surface area contributed by atoms with Gasteiger partial charge in [0, 0.05) is 19.3 Å². The van der Waals surface area contributed by atoms with Gasteiger partial charge >= 0.3 is 17.9 Å². The number of hydrogen-bond acceptors (Lipinski definition) is 6. The van der Waals surface area contributed by atoms with Crippen LogP contribution in [-0.2, 0) is 28.6 Å². The minimum Gasteiger partial charge on any atom is -0.462 e. The molecule has 1 unspecified atom stereocenters. The molecule has 0 aromatic rings. The Labute approximate surface area is 451 Å². The highest BCUT2D eigenvalue weighted by Gasteiger charge is 2.19. The third-order valence-corrected chi connectivity index (χ3v) is 13.1. The first-order valence-corrected chi connectivity index (χ1v) is 30.8. The van der Waals surface area contributed by atoms with E-state index in [-0.39, 0.29) is 31.1 Å². The molecular weight excluding hydrogens is 901 g/mol. The zero-order valence-corrected chi connectivity index (χ0v) is 47.9. The average molecular weight is 1020 g/mol. The van der Waals surface area contributed by atoms with Gasteiger partial charge in [-0.1, -0.05) is 279 Å². The van der Waals surface area contributed by atoms with Gasteiger partial charge in [0.2, 0.25) is 0 Å². The second-order valence-corrected chi connectivity index (χ2v) is 20.3. The predicted octanol–water partition coefficient (Wildman–Crippen LogP) is 20.9. The van der Waals surface area contributed by atoms with Crippen LogP contribution in [0.25, 0.3) is 0 Å². The van der Waals surface area contributed by atoms with Crippen molar-refractivity contribution in [3.05, 3.63) is 97.2 Å². The van der Waals surface area contributed by atoms with Crippen LogP contribution in [0.3, 0.4) is 0 Å². The number of hydrogen-bond donors (Lipinski definition) is 0. The Bertz CT molecular complexity index is 1440. The fourth-order valence-corrected chi connectivity index (χ4v) is 8.53. The lowest BCUT2D eigenvalue weighted by atomic mass is 10.0. The number of carbonyl (C=O) groups excluding carboxylic acids is 3. The van der Waals surface area contributed by atoms with E-state index < -0.39 is 6.10 Å². The second-order valence-electron chi connectivity index (χ2n) is 20.3. The minimum atomic E-state index is -0.803.